The van der Waals surface area contributed by atoms with Crippen LogP contribution in [-0.2, 0) is 0 Å². The fourth-order valence-corrected chi connectivity index (χ4v) is 0.728. The molecular weight excluding hydrogens is 116 g/mol. The molecule has 0 atom stereocenters. The highest BCUT2D eigenvalue weighted by molar-refractivity contribution is 5.34. The first-order valence-electron chi connectivity index (χ1n) is 2.66. The van der Waals surface area contributed by atoms with Gasteiger partial charge in [-0.25, -0.2) is 0 Å². The molecule has 0 heterocycles. The van der Waals surface area contributed by atoms with Crippen molar-refractivity contribution in [2.75, 3.05) is 0 Å². The van der Waals surface area contributed by atoms with Crippen molar-refractivity contribution in [3.8, 4) is 11.5 Å². The van der Waals surface area contributed by atoms with Gasteiger partial charge in [0.2, 0.25) is 0 Å². The molecule has 0 aliphatic rings. The predicted molar refractivity (Wildman–Crippen MR) is 32.3 cm³/mol. The van der Waals surface area contributed by atoms with Crippen LogP contribution < -0.4 is 5.11 Å². The lowest BCUT2D eigenvalue weighted by molar-refractivity contribution is -0.268. The van der Waals surface area contributed by atoms with Crippen LogP contribution in [0.15, 0.2) is 18.2 Å². The highest BCUT2D eigenvalue weighted by atomic mass is 16.3. The molecule has 0 spiro atoms. The van der Waals surface area contributed by atoms with Crippen LogP contribution in [0.3, 0.4) is 0 Å². The van der Waals surface area contributed by atoms with E-state index in [1.54, 1.807) is 13.0 Å². The predicted octanol–water partition coefficient (Wildman–Crippen LogP) is 0.774. The second-order valence-electron chi connectivity index (χ2n) is 2.00. The quantitative estimate of drug-likeness (QED) is 0.553. The number of hydrogen-bond donors (Lipinski definition) is 1. The minimum atomic E-state index is -0.146. The number of hydrogen-bond acceptors (Lipinski definition) is 2. The van der Waals surface area contributed by atoms with Gasteiger partial charge < -0.3 is 10.2 Å². The SMILES string of the molecule is Cc1cc([O-])cc(O)c1. The molecule has 9 heavy (non-hydrogen) atoms. The molecule has 1 aromatic carbocycles. The van der Waals surface area contributed by atoms with Gasteiger partial charge in [0.05, 0.1) is 0 Å². The van der Waals surface area contributed by atoms with Gasteiger partial charge in [0.15, 0.2) is 0 Å². The maximum atomic E-state index is 10.6. The van der Waals surface area contributed by atoms with Crippen LogP contribution in [0.4, 0.5) is 0 Å². The Morgan fingerprint density at radius 1 is 1.33 bits per heavy atom. The summed E-state index contributed by atoms with van der Waals surface area (Å²) in [7, 11) is 0. The summed E-state index contributed by atoms with van der Waals surface area (Å²) in [6, 6.07) is 4.20. The Morgan fingerprint density at radius 2 is 2.00 bits per heavy atom. The number of aryl methyl sites for hydroxylation is 1. The number of aromatic hydroxyl groups is 1. The topological polar surface area (TPSA) is 43.3 Å². The molecule has 0 saturated carbocycles. The molecule has 48 valence electrons. The number of benzene rings is 1. The molecule has 1 rings (SSSR count). The standard InChI is InChI=1S/C7H8O2/c1-5-2-6(8)4-7(9)3-5/h2-4,8-9H,1H3/p-1. The first kappa shape index (κ1) is 5.95. The van der Waals surface area contributed by atoms with Gasteiger partial charge in [0, 0.05) is 0 Å². The molecule has 2 heteroatoms. The smallest absolute Gasteiger partial charge is 0.115 e. The maximum absolute atomic E-state index is 10.6. The van der Waals surface area contributed by atoms with Crippen molar-refractivity contribution in [1.82, 2.24) is 0 Å². The van der Waals surface area contributed by atoms with Gasteiger partial charge in [0.25, 0.3) is 0 Å². The van der Waals surface area contributed by atoms with Gasteiger partial charge in [0.1, 0.15) is 5.75 Å². The first-order valence-corrected chi connectivity index (χ1v) is 2.66. The van der Waals surface area contributed by atoms with E-state index in [1.807, 2.05) is 0 Å². The fourth-order valence-electron chi connectivity index (χ4n) is 0.728. The van der Waals surface area contributed by atoms with Crippen molar-refractivity contribution in [2.24, 2.45) is 0 Å². The Kier molecular flexibility index (Phi) is 1.30. The molecule has 0 amide bonds. The third-order valence-corrected chi connectivity index (χ3v) is 1.04. The van der Waals surface area contributed by atoms with E-state index >= 15 is 0 Å². The highest BCUT2D eigenvalue weighted by Crippen LogP contribution is 2.16. The summed E-state index contributed by atoms with van der Waals surface area (Å²) in [4.78, 5) is 0. The van der Waals surface area contributed by atoms with E-state index in [4.69, 9.17) is 5.11 Å². The molecule has 0 aromatic heterocycles. The molecule has 1 aromatic rings. The normalized spacial score (nSPS) is 9.44. The molecule has 0 aliphatic heterocycles. The third kappa shape index (κ3) is 1.35. The molecule has 0 radical (unpaired) electrons. The van der Waals surface area contributed by atoms with E-state index in [1.165, 1.54) is 12.1 Å². The van der Waals surface area contributed by atoms with Crippen LogP contribution in [0.25, 0.3) is 0 Å². The van der Waals surface area contributed by atoms with Gasteiger partial charge in [-0.3, -0.25) is 0 Å². The van der Waals surface area contributed by atoms with Crippen molar-refractivity contribution in [1.29, 1.82) is 0 Å². The van der Waals surface area contributed by atoms with Crippen LogP contribution in [0.1, 0.15) is 5.56 Å². The van der Waals surface area contributed by atoms with E-state index in [9.17, 15) is 5.11 Å². The molecule has 0 saturated heterocycles. The van der Waals surface area contributed by atoms with E-state index in [0.717, 1.165) is 5.56 Å². The molecule has 0 unspecified atom stereocenters. The van der Waals surface area contributed by atoms with Gasteiger partial charge in [-0.2, -0.15) is 0 Å². The molecule has 0 fully saturated rings. The summed E-state index contributed by atoms with van der Waals surface area (Å²) >= 11 is 0. The van der Waals surface area contributed by atoms with Crippen LogP contribution >= 0.6 is 0 Å². The molecular formula is C7H7O2-. The van der Waals surface area contributed by atoms with E-state index in [-0.39, 0.29) is 11.5 Å². The van der Waals surface area contributed by atoms with E-state index in [2.05, 4.69) is 0 Å². The van der Waals surface area contributed by atoms with Crippen molar-refractivity contribution in [2.45, 2.75) is 6.92 Å². The lowest BCUT2D eigenvalue weighted by atomic mass is 10.2. The van der Waals surface area contributed by atoms with Crippen LogP contribution in [-0.4, -0.2) is 5.11 Å². The summed E-state index contributed by atoms with van der Waals surface area (Å²) in [5.41, 5.74) is 0.792. The lowest BCUT2D eigenvalue weighted by Gasteiger charge is -2.05. The largest absolute Gasteiger partial charge is 0.872 e. The minimum Gasteiger partial charge on any atom is -0.872 e. The Bertz CT molecular complexity index is 168. The van der Waals surface area contributed by atoms with Crippen LogP contribution in [0.5, 0.6) is 11.5 Å². The Morgan fingerprint density at radius 3 is 2.44 bits per heavy atom. The molecule has 0 bridgehead atoms. The van der Waals surface area contributed by atoms with Crippen molar-refractivity contribution < 1.29 is 10.2 Å². The third-order valence-electron chi connectivity index (χ3n) is 1.04. The van der Waals surface area contributed by atoms with Crippen molar-refractivity contribution in [3.63, 3.8) is 0 Å². The first-order chi connectivity index (χ1) is 4.18. The van der Waals surface area contributed by atoms with Gasteiger partial charge in [-0.15, -0.1) is 5.75 Å². The van der Waals surface area contributed by atoms with Crippen LogP contribution in [0.2, 0.25) is 0 Å². The number of phenols is 1. The van der Waals surface area contributed by atoms with Gasteiger partial charge in [-0.1, -0.05) is 6.07 Å². The second kappa shape index (κ2) is 1.97. The number of phenolic OH excluding ortho intramolecular Hbond substituents is 1. The second-order valence-corrected chi connectivity index (χ2v) is 2.00. The molecule has 2 nitrogen and oxygen atoms in total. The molecule has 0 aliphatic carbocycles. The van der Waals surface area contributed by atoms with E-state index in [0.29, 0.717) is 0 Å². The summed E-state index contributed by atoms with van der Waals surface area (Å²) in [5, 5.41) is 19.3. The average Bonchev–Trinajstić information content (AvgIpc) is 1.59. The summed E-state index contributed by atoms with van der Waals surface area (Å²) in [6.45, 7) is 1.76. The monoisotopic (exact) mass is 123 g/mol. The average molecular weight is 123 g/mol. The Labute approximate surface area is 53.4 Å². The zero-order valence-electron chi connectivity index (χ0n) is 5.09. The number of rotatable bonds is 0. The maximum Gasteiger partial charge on any atom is 0.115 e. The van der Waals surface area contributed by atoms with E-state index < -0.39 is 0 Å². The summed E-state index contributed by atoms with van der Waals surface area (Å²) in [6.07, 6.45) is 0. The van der Waals surface area contributed by atoms with Crippen molar-refractivity contribution in [3.05, 3.63) is 23.8 Å². The molecule has 1 N–H and O–H groups in total. The van der Waals surface area contributed by atoms with Gasteiger partial charge in [-0.05, 0) is 24.6 Å². The summed E-state index contributed by atoms with van der Waals surface area (Å²) < 4.78 is 0. The zero-order valence-corrected chi connectivity index (χ0v) is 5.09. The lowest BCUT2D eigenvalue weighted by Crippen LogP contribution is -1.88. The Hall–Kier alpha value is -1.18. The summed E-state index contributed by atoms with van der Waals surface area (Å²) in [5.74, 6) is -0.104. The van der Waals surface area contributed by atoms with Crippen molar-refractivity contribution >= 4 is 0 Å². The fraction of sp³-hybridized carbons (Fsp3) is 0.143. The Balaban J connectivity index is 3.17. The van der Waals surface area contributed by atoms with Crippen LogP contribution in [0, 0.1) is 6.92 Å². The minimum absolute atomic E-state index is 0.0417. The zero-order chi connectivity index (χ0) is 6.85. The highest BCUT2D eigenvalue weighted by Gasteiger charge is 1.86. The van der Waals surface area contributed by atoms with Gasteiger partial charge >= 0.3 is 0 Å².